The van der Waals surface area contributed by atoms with E-state index in [1.165, 1.54) is 0 Å². The summed E-state index contributed by atoms with van der Waals surface area (Å²) < 4.78 is 0. The van der Waals surface area contributed by atoms with Gasteiger partial charge in [0.05, 0.1) is 6.61 Å². The van der Waals surface area contributed by atoms with Crippen LogP contribution in [0.25, 0.3) is 0 Å². The molecule has 0 aromatic rings. The first-order valence-electron chi connectivity index (χ1n) is 7.01. The lowest BCUT2D eigenvalue weighted by atomic mass is 10.1. The molecule has 0 aliphatic carbocycles. The van der Waals surface area contributed by atoms with Gasteiger partial charge in [-0.3, -0.25) is 4.79 Å². The summed E-state index contributed by atoms with van der Waals surface area (Å²) >= 11 is 0. The predicted molar refractivity (Wildman–Crippen MR) is 75.5 cm³/mol. The zero-order valence-corrected chi connectivity index (χ0v) is 12.6. The Morgan fingerprint density at radius 3 is 2.22 bits per heavy atom. The monoisotopic (exact) mass is 258 g/mol. The van der Waals surface area contributed by atoms with Gasteiger partial charge in [0, 0.05) is 31.1 Å². The molecule has 4 nitrogen and oxygen atoms in total. The summed E-state index contributed by atoms with van der Waals surface area (Å²) in [4.78, 5) is 14.0. The summed E-state index contributed by atoms with van der Waals surface area (Å²) in [6, 6.07) is 0.249. The molecule has 4 heteroatoms. The van der Waals surface area contributed by atoms with Gasteiger partial charge in [-0.25, -0.2) is 0 Å². The number of aliphatic hydroxyl groups is 1. The van der Waals surface area contributed by atoms with Crippen LogP contribution in [0.4, 0.5) is 0 Å². The van der Waals surface area contributed by atoms with Gasteiger partial charge in [0.25, 0.3) is 0 Å². The van der Waals surface area contributed by atoms with E-state index in [4.69, 9.17) is 5.11 Å². The molecule has 18 heavy (non-hydrogen) atoms. The third-order valence-electron chi connectivity index (χ3n) is 3.04. The Bertz CT molecular complexity index is 232. The van der Waals surface area contributed by atoms with Crippen LogP contribution in [0.1, 0.15) is 53.9 Å². The maximum Gasteiger partial charge on any atom is 0.224 e. The topological polar surface area (TPSA) is 52.6 Å². The molecule has 0 atom stereocenters. The zero-order valence-electron chi connectivity index (χ0n) is 12.6. The van der Waals surface area contributed by atoms with Crippen molar-refractivity contribution in [3.8, 4) is 0 Å². The van der Waals surface area contributed by atoms with E-state index < -0.39 is 0 Å². The lowest BCUT2D eigenvalue weighted by Gasteiger charge is -2.30. The van der Waals surface area contributed by atoms with Gasteiger partial charge in [0.2, 0.25) is 5.91 Å². The molecule has 0 aliphatic rings. The molecule has 0 spiro atoms. The van der Waals surface area contributed by atoms with Crippen LogP contribution < -0.4 is 5.32 Å². The summed E-state index contributed by atoms with van der Waals surface area (Å²) in [6.45, 7) is 11.6. The Balaban J connectivity index is 4.30. The van der Waals surface area contributed by atoms with E-state index in [0.29, 0.717) is 19.5 Å². The first-order valence-corrected chi connectivity index (χ1v) is 7.01. The van der Waals surface area contributed by atoms with Crippen LogP contribution in [0.2, 0.25) is 0 Å². The van der Waals surface area contributed by atoms with Crippen molar-refractivity contribution in [2.24, 2.45) is 0 Å². The summed E-state index contributed by atoms with van der Waals surface area (Å²) in [5.41, 5.74) is 0.0387. The van der Waals surface area contributed by atoms with Gasteiger partial charge in [0.15, 0.2) is 0 Å². The van der Waals surface area contributed by atoms with Gasteiger partial charge in [-0.2, -0.15) is 0 Å². The third-order valence-corrected chi connectivity index (χ3v) is 3.04. The number of hydrogen-bond acceptors (Lipinski definition) is 3. The van der Waals surface area contributed by atoms with Crippen molar-refractivity contribution in [1.29, 1.82) is 0 Å². The van der Waals surface area contributed by atoms with E-state index in [1.54, 1.807) is 0 Å². The van der Waals surface area contributed by atoms with Crippen LogP contribution in [0.15, 0.2) is 0 Å². The Kier molecular flexibility index (Phi) is 8.20. The number of nitrogens with one attached hydrogen (secondary N) is 1. The van der Waals surface area contributed by atoms with Gasteiger partial charge in [-0.1, -0.05) is 13.8 Å². The van der Waals surface area contributed by atoms with Crippen molar-refractivity contribution in [3.63, 3.8) is 0 Å². The molecular weight excluding hydrogens is 228 g/mol. The average molecular weight is 258 g/mol. The molecule has 0 heterocycles. The highest BCUT2D eigenvalue weighted by Gasteiger charge is 2.20. The van der Waals surface area contributed by atoms with E-state index >= 15 is 0 Å². The Labute approximate surface area is 112 Å². The van der Waals surface area contributed by atoms with Crippen LogP contribution in [-0.2, 0) is 4.79 Å². The average Bonchev–Trinajstić information content (AvgIpc) is 2.27. The lowest BCUT2D eigenvalue weighted by Crippen LogP contribution is -2.44. The second-order valence-corrected chi connectivity index (χ2v) is 5.71. The molecule has 0 saturated carbocycles. The SMILES string of the molecule is CCC(CC)N(CCO)C(=O)CCNC(C)(C)C. The largest absolute Gasteiger partial charge is 0.395 e. The van der Waals surface area contributed by atoms with Crippen molar-refractivity contribution >= 4 is 5.91 Å². The fourth-order valence-electron chi connectivity index (χ4n) is 2.04. The highest BCUT2D eigenvalue weighted by Crippen LogP contribution is 2.10. The van der Waals surface area contributed by atoms with Crippen molar-refractivity contribution in [1.82, 2.24) is 10.2 Å². The first-order chi connectivity index (χ1) is 8.35. The molecule has 0 rings (SSSR count). The minimum atomic E-state index is 0.0366. The molecule has 0 fully saturated rings. The molecule has 0 radical (unpaired) electrons. The van der Waals surface area contributed by atoms with Crippen molar-refractivity contribution < 1.29 is 9.90 Å². The lowest BCUT2D eigenvalue weighted by molar-refractivity contribution is -0.134. The van der Waals surface area contributed by atoms with Crippen LogP contribution >= 0.6 is 0 Å². The normalized spacial score (nSPS) is 11.9. The second-order valence-electron chi connectivity index (χ2n) is 5.71. The van der Waals surface area contributed by atoms with Crippen molar-refractivity contribution in [3.05, 3.63) is 0 Å². The molecule has 0 saturated heterocycles. The quantitative estimate of drug-likeness (QED) is 0.698. The zero-order chi connectivity index (χ0) is 14.2. The maximum atomic E-state index is 12.2. The molecule has 0 aromatic carbocycles. The molecule has 108 valence electrons. The summed E-state index contributed by atoms with van der Waals surface area (Å²) in [6.07, 6.45) is 2.37. The molecule has 1 amide bonds. The van der Waals surface area contributed by atoms with Crippen molar-refractivity contribution in [2.45, 2.75) is 65.5 Å². The number of nitrogens with zero attached hydrogens (tertiary/aromatic N) is 1. The van der Waals surface area contributed by atoms with Gasteiger partial charge < -0.3 is 15.3 Å². The molecular formula is C14H30N2O2. The fourth-order valence-corrected chi connectivity index (χ4v) is 2.04. The number of carbonyl (C=O) groups is 1. The molecule has 0 aromatic heterocycles. The third kappa shape index (κ3) is 6.97. The Morgan fingerprint density at radius 1 is 1.28 bits per heavy atom. The number of carbonyl (C=O) groups excluding carboxylic acids is 1. The van der Waals surface area contributed by atoms with Crippen molar-refractivity contribution in [2.75, 3.05) is 19.7 Å². The first kappa shape index (κ1) is 17.4. The number of rotatable bonds is 8. The maximum absolute atomic E-state index is 12.2. The minimum Gasteiger partial charge on any atom is -0.395 e. The molecule has 2 N–H and O–H groups in total. The highest BCUT2D eigenvalue weighted by atomic mass is 16.3. The van der Waals surface area contributed by atoms with Gasteiger partial charge >= 0.3 is 0 Å². The van der Waals surface area contributed by atoms with E-state index in [0.717, 1.165) is 12.8 Å². The summed E-state index contributed by atoms with van der Waals surface area (Å²) in [7, 11) is 0. The standard InChI is InChI=1S/C14H30N2O2/c1-6-12(7-2)16(10-11-17)13(18)8-9-15-14(3,4)5/h12,15,17H,6-11H2,1-5H3. The number of aliphatic hydroxyl groups excluding tert-OH is 1. The fraction of sp³-hybridized carbons (Fsp3) is 0.929. The molecule has 0 unspecified atom stereocenters. The Hall–Kier alpha value is -0.610. The van der Waals surface area contributed by atoms with Crippen LogP contribution in [0, 0.1) is 0 Å². The molecule has 0 bridgehead atoms. The number of amides is 1. The van der Waals surface area contributed by atoms with E-state index in [9.17, 15) is 4.79 Å². The highest BCUT2D eigenvalue weighted by molar-refractivity contribution is 5.76. The van der Waals surface area contributed by atoms with Crippen LogP contribution in [0.3, 0.4) is 0 Å². The van der Waals surface area contributed by atoms with Gasteiger partial charge in [-0.15, -0.1) is 0 Å². The summed E-state index contributed by atoms with van der Waals surface area (Å²) in [5.74, 6) is 0.134. The summed E-state index contributed by atoms with van der Waals surface area (Å²) in [5, 5.41) is 12.4. The Morgan fingerprint density at radius 2 is 1.83 bits per heavy atom. The van der Waals surface area contributed by atoms with Gasteiger partial charge in [-0.05, 0) is 33.6 Å². The van der Waals surface area contributed by atoms with E-state index in [-0.39, 0.29) is 24.1 Å². The van der Waals surface area contributed by atoms with Crippen LogP contribution in [-0.4, -0.2) is 47.2 Å². The minimum absolute atomic E-state index is 0.0366. The van der Waals surface area contributed by atoms with Crippen LogP contribution in [0.5, 0.6) is 0 Å². The van der Waals surface area contributed by atoms with Gasteiger partial charge in [0.1, 0.15) is 0 Å². The predicted octanol–water partition coefficient (Wildman–Crippen LogP) is 1.77. The molecule has 0 aliphatic heterocycles. The smallest absolute Gasteiger partial charge is 0.224 e. The van der Waals surface area contributed by atoms with E-state index in [2.05, 4.69) is 39.9 Å². The second kappa shape index (κ2) is 8.48. The number of hydrogen-bond donors (Lipinski definition) is 2. The van der Waals surface area contributed by atoms with E-state index in [1.807, 2.05) is 4.90 Å².